The van der Waals surface area contributed by atoms with Crippen LogP contribution in [0.3, 0.4) is 0 Å². The van der Waals surface area contributed by atoms with E-state index in [-0.39, 0.29) is 0 Å². The molecule has 0 bridgehead atoms. The number of hydrogen-bond donors (Lipinski definition) is 1. The Labute approximate surface area is 138 Å². The zero-order chi connectivity index (χ0) is 15.9. The van der Waals surface area contributed by atoms with Gasteiger partial charge in [0.15, 0.2) is 5.13 Å². The number of benzene rings is 1. The van der Waals surface area contributed by atoms with Crippen molar-refractivity contribution >= 4 is 22.2 Å². The van der Waals surface area contributed by atoms with E-state index in [0.29, 0.717) is 6.04 Å². The van der Waals surface area contributed by atoms with Gasteiger partial charge >= 0.3 is 0 Å². The fourth-order valence-corrected chi connectivity index (χ4v) is 3.44. The Bertz CT molecular complexity index is 579. The molecule has 0 spiro atoms. The maximum Gasteiger partial charge on any atom is 0.190 e. The van der Waals surface area contributed by atoms with Crippen molar-refractivity contribution < 1.29 is 0 Å². The van der Waals surface area contributed by atoms with Gasteiger partial charge in [-0.05, 0) is 51.4 Å². The molecular formula is C18H27N3S. The largest absolute Gasteiger partial charge is 0.318 e. The molecule has 1 unspecified atom stereocenters. The molecule has 1 N–H and O–H groups in total. The Kier molecular flexibility index (Phi) is 6.40. The summed E-state index contributed by atoms with van der Waals surface area (Å²) in [5.74, 6) is 0. The van der Waals surface area contributed by atoms with Gasteiger partial charge < -0.3 is 10.2 Å². The number of rotatable bonds is 8. The normalized spacial score (nSPS) is 12.4. The van der Waals surface area contributed by atoms with Crippen LogP contribution in [0.1, 0.15) is 38.4 Å². The van der Waals surface area contributed by atoms with E-state index in [1.165, 1.54) is 23.4 Å². The standard InChI is InChI=1S/C18H27N3S/c1-5-10-19-15(4)12-16-13-22-18(20-16)21(6-2)17-9-7-8-14(3)11-17/h7-9,11,13,15,19H,5-6,10,12H2,1-4H3. The molecule has 1 atom stereocenters. The zero-order valence-corrected chi connectivity index (χ0v) is 14.9. The van der Waals surface area contributed by atoms with Gasteiger partial charge in [0.1, 0.15) is 0 Å². The van der Waals surface area contributed by atoms with Crippen LogP contribution in [0.2, 0.25) is 0 Å². The molecule has 0 saturated carbocycles. The lowest BCUT2D eigenvalue weighted by atomic mass is 10.2. The van der Waals surface area contributed by atoms with E-state index in [2.05, 4.69) is 67.6 Å². The molecule has 1 heterocycles. The summed E-state index contributed by atoms with van der Waals surface area (Å²) in [6, 6.07) is 9.09. The van der Waals surface area contributed by atoms with E-state index in [9.17, 15) is 0 Å². The SMILES string of the molecule is CCCNC(C)Cc1csc(N(CC)c2cccc(C)c2)n1. The van der Waals surface area contributed by atoms with Gasteiger partial charge in [0.2, 0.25) is 0 Å². The number of hydrogen-bond acceptors (Lipinski definition) is 4. The number of aromatic nitrogens is 1. The Morgan fingerprint density at radius 2 is 2.14 bits per heavy atom. The molecule has 22 heavy (non-hydrogen) atoms. The highest BCUT2D eigenvalue weighted by molar-refractivity contribution is 7.13. The highest BCUT2D eigenvalue weighted by atomic mass is 32.1. The topological polar surface area (TPSA) is 28.2 Å². The van der Waals surface area contributed by atoms with Crippen LogP contribution < -0.4 is 10.2 Å². The quantitative estimate of drug-likeness (QED) is 0.774. The van der Waals surface area contributed by atoms with Crippen molar-refractivity contribution in [1.29, 1.82) is 0 Å². The van der Waals surface area contributed by atoms with Gasteiger partial charge in [-0.15, -0.1) is 11.3 Å². The van der Waals surface area contributed by atoms with E-state index in [1.54, 1.807) is 11.3 Å². The monoisotopic (exact) mass is 317 g/mol. The van der Waals surface area contributed by atoms with Crippen molar-refractivity contribution in [3.05, 3.63) is 40.9 Å². The number of nitrogens with zero attached hydrogens (tertiary/aromatic N) is 2. The lowest BCUT2D eigenvalue weighted by Crippen LogP contribution is -2.28. The van der Waals surface area contributed by atoms with Crippen LogP contribution >= 0.6 is 11.3 Å². The minimum absolute atomic E-state index is 0.476. The molecule has 0 amide bonds. The maximum absolute atomic E-state index is 4.84. The molecule has 4 heteroatoms. The Balaban J connectivity index is 2.08. The van der Waals surface area contributed by atoms with Crippen molar-refractivity contribution in [3.63, 3.8) is 0 Å². The lowest BCUT2D eigenvalue weighted by Gasteiger charge is -2.20. The number of aryl methyl sites for hydroxylation is 1. The second kappa shape index (κ2) is 8.30. The zero-order valence-electron chi connectivity index (χ0n) is 14.1. The summed E-state index contributed by atoms with van der Waals surface area (Å²) in [4.78, 5) is 7.12. The first-order valence-electron chi connectivity index (χ1n) is 8.16. The van der Waals surface area contributed by atoms with Gasteiger partial charge in [0, 0.05) is 30.1 Å². The van der Waals surface area contributed by atoms with Gasteiger partial charge in [-0.2, -0.15) is 0 Å². The summed E-state index contributed by atoms with van der Waals surface area (Å²) < 4.78 is 0. The molecule has 0 radical (unpaired) electrons. The molecule has 2 rings (SSSR count). The van der Waals surface area contributed by atoms with Crippen LogP contribution in [0.4, 0.5) is 10.8 Å². The van der Waals surface area contributed by atoms with E-state index >= 15 is 0 Å². The first kappa shape index (κ1) is 17.0. The second-order valence-electron chi connectivity index (χ2n) is 5.76. The van der Waals surface area contributed by atoms with Crippen LogP contribution in [-0.4, -0.2) is 24.1 Å². The van der Waals surface area contributed by atoms with Crippen LogP contribution in [-0.2, 0) is 6.42 Å². The maximum atomic E-state index is 4.84. The Morgan fingerprint density at radius 3 is 2.82 bits per heavy atom. The summed E-state index contributed by atoms with van der Waals surface area (Å²) in [6.45, 7) is 10.7. The molecule has 0 aliphatic heterocycles. The molecule has 3 nitrogen and oxygen atoms in total. The fraction of sp³-hybridized carbons (Fsp3) is 0.500. The summed E-state index contributed by atoms with van der Waals surface area (Å²) in [6.07, 6.45) is 2.16. The molecule has 120 valence electrons. The minimum atomic E-state index is 0.476. The third-order valence-electron chi connectivity index (χ3n) is 3.66. The summed E-state index contributed by atoms with van der Waals surface area (Å²) in [5.41, 5.74) is 3.69. The smallest absolute Gasteiger partial charge is 0.190 e. The predicted molar refractivity (Wildman–Crippen MR) is 97.4 cm³/mol. The summed E-state index contributed by atoms with van der Waals surface area (Å²) in [7, 11) is 0. The third kappa shape index (κ3) is 4.55. The average molecular weight is 318 g/mol. The van der Waals surface area contributed by atoms with Crippen molar-refractivity contribution in [2.75, 3.05) is 18.0 Å². The highest BCUT2D eigenvalue weighted by Crippen LogP contribution is 2.29. The van der Waals surface area contributed by atoms with Gasteiger partial charge in [-0.1, -0.05) is 19.1 Å². The molecule has 0 aliphatic carbocycles. The molecule has 0 saturated heterocycles. The van der Waals surface area contributed by atoms with E-state index < -0.39 is 0 Å². The Hall–Kier alpha value is -1.39. The van der Waals surface area contributed by atoms with Crippen LogP contribution in [0, 0.1) is 6.92 Å². The molecular weight excluding hydrogens is 290 g/mol. The summed E-state index contributed by atoms with van der Waals surface area (Å²) in [5, 5.41) is 6.80. The molecule has 0 aliphatic rings. The van der Waals surface area contributed by atoms with E-state index in [0.717, 1.165) is 24.6 Å². The van der Waals surface area contributed by atoms with Gasteiger partial charge in [-0.25, -0.2) is 4.98 Å². The van der Waals surface area contributed by atoms with Crippen molar-refractivity contribution in [2.45, 2.75) is 46.6 Å². The highest BCUT2D eigenvalue weighted by Gasteiger charge is 2.13. The lowest BCUT2D eigenvalue weighted by molar-refractivity contribution is 0.540. The van der Waals surface area contributed by atoms with Crippen molar-refractivity contribution in [1.82, 2.24) is 10.3 Å². The third-order valence-corrected chi connectivity index (χ3v) is 4.57. The van der Waals surface area contributed by atoms with Crippen LogP contribution in [0.15, 0.2) is 29.6 Å². The van der Waals surface area contributed by atoms with Crippen molar-refractivity contribution in [3.8, 4) is 0 Å². The number of thiazole rings is 1. The van der Waals surface area contributed by atoms with Gasteiger partial charge in [0.05, 0.1) is 5.69 Å². The van der Waals surface area contributed by atoms with Crippen LogP contribution in [0.25, 0.3) is 0 Å². The average Bonchev–Trinajstić information content (AvgIpc) is 2.94. The first-order valence-corrected chi connectivity index (χ1v) is 9.04. The minimum Gasteiger partial charge on any atom is -0.318 e. The molecule has 2 aromatic rings. The van der Waals surface area contributed by atoms with Crippen molar-refractivity contribution in [2.24, 2.45) is 0 Å². The number of anilines is 2. The van der Waals surface area contributed by atoms with Crippen LogP contribution in [0.5, 0.6) is 0 Å². The Morgan fingerprint density at radius 1 is 1.32 bits per heavy atom. The van der Waals surface area contributed by atoms with E-state index in [1.807, 2.05) is 0 Å². The molecule has 0 fully saturated rings. The molecule has 1 aromatic heterocycles. The first-order chi connectivity index (χ1) is 10.6. The van der Waals surface area contributed by atoms with Gasteiger partial charge in [0.25, 0.3) is 0 Å². The fourth-order valence-electron chi connectivity index (χ4n) is 2.51. The molecule has 1 aromatic carbocycles. The second-order valence-corrected chi connectivity index (χ2v) is 6.60. The van der Waals surface area contributed by atoms with Gasteiger partial charge in [-0.3, -0.25) is 0 Å². The van der Waals surface area contributed by atoms with E-state index in [4.69, 9.17) is 4.98 Å². The predicted octanol–water partition coefficient (Wildman–Crippen LogP) is 4.54. The number of nitrogens with one attached hydrogen (secondary N) is 1. The summed E-state index contributed by atoms with van der Waals surface area (Å²) >= 11 is 1.74.